The number of amides is 1. The summed E-state index contributed by atoms with van der Waals surface area (Å²) in [5, 5.41) is 20.9. The number of benzene rings is 2. The smallest absolute Gasteiger partial charge is 0.335 e. The average molecular weight is 505 g/mol. The molecule has 0 spiro atoms. The van der Waals surface area contributed by atoms with E-state index in [0.717, 1.165) is 0 Å². The summed E-state index contributed by atoms with van der Waals surface area (Å²) in [4.78, 5) is 51.7. The molecular formula is C25H20N4O6S. The van der Waals surface area contributed by atoms with Crippen LogP contribution in [0.25, 0.3) is 11.0 Å². The average Bonchev–Trinajstić information content (AvgIpc) is 3.51. The van der Waals surface area contributed by atoms with E-state index in [-0.39, 0.29) is 17.1 Å². The van der Waals surface area contributed by atoms with Crippen LogP contribution in [-0.2, 0) is 4.79 Å². The summed E-state index contributed by atoms with van der Waals surface area (Å²) in [6.07, 6.45) is 0. The second-order valence-corrected chi connectivity index (χ2v) is 9.39. The Labute approximate surface area is 208 Å². The zero-order chi connectivity index (χ0) is 25.7. The molecule has 0 saturated heterocycles. The molecule has 1 aliphatic heterocycles. The maximum atomic E-state index is 13.7. The number of H-pyrrole nitrogens is 1. The summed E-state index contributed by atoms with van der Waals surface area (Å²) < 4.78 is 5.24. The Kier molecular flexibility index (Phi) is 5.56. The Balaban J connectivity index is 1.67. The number of aromatic carboxylic acids is 1. The molecule has 3 heterocycles. The largest absolute Gasteiger partial charge is 0.503 e. The van der Waals surface area contributed by atoms with Crippen molar-refractivity contribution in [2.24, 2.45) is 0 Å². The van der Waals surface area contributed by atoms with Crippen LogP contribution in [0.5, 0.6) is 5.75 Å². The molecule has 182 valence electrons. The molecule has 4 aromatic rings. The fourth-order valence-electron chi connectivity index (χ4n) is 4.26. The number of methoxy groups -OCH3 is 1. The number of aryl methyl sites for hydroxylation is 2. The van der Waals surface area contributed by atoms with Gasteiger partial charge in [-0.25, -0.2) is 14.8 Å². The van der Waals surface area contributed by atoms with Crippen molar-refractivity contribution in [1.29, 1.82) is 0 Å². The van der Waals surface area contributed by atoms with Crippen molar-refractivity contribution in [1.82, 2.24) is 15.0 Å². The first kappa shape index (κ1) is 23.2. The number of aromatic amines is 1. The Morgan fingerprint density at radius 3 is 2.44 bits per heavy atom. The molecule has 2 aromatic carbocycles. The summed E-state index contributed by atoms with van der Waals surface area (Å²) in [6.45, 7) is 3.47. The fourth-order valence-corrected chi connectivity index (χ4v) is 5.14. The number of carboxylic acid groups (broad SMARTS) is 1. The van der Waals surface area contributed by atoms with Gasteiger partial charge in [-0.1, -0.05) is 12.1 Å². The van der Waals surface area contributed by atoms with Gasteiger partial charge < -0.3 is 19.9 Å². The fraction of sp³-hybridized carbons (Fsp3) is 0.160. The number of aliphatic hydroxyl groups is 1. The molecule has 5 rings (SSSR count). The number of aromatic nitrogens is 3. The minimum atomic E-state index is -1.11. The van der Waals surface area contributed by atoms with Gasteiger partial charge in [-0.05, 0) is 49.7 Å². The number of carbonyl (C=O) groups excluding carboxylic acids is 2. The second kappa shape index (κ2) is 8.61. The summed E-state index contributed by atoms with van der Waals surface area (Å²) >= 11 is 1.19. The molecule has 2 aromatic heterocycles. The van der Waals surface area contributed by atoms with Crippen molar-refractivity contribution in [2.45, 2.75) is 19.9 Å². The summed E-state index contributed by atoms with van der Waals surface area (Å²) in [7, 11) is 1.52. The number of nitrogens with zero attached hydrogens (tertiary/aromatic N) is 3. The van der Waals surface area contributed by atoms with Crippen LogP contribution in [0.4, 0.5) is 5.95 Å². The lowest BCUT2D eigenvalue weighted by molar-refractivity contribution is -0.117. The second-order valence-electron chi connectivity index (χ2n) is 8.19. The van der Waals surface area contributed by atoms with Crippen LogP contribution in [0.2, 0.25) is 0 Å². The van der Waals surface area contributed by atoms with E-state index in [1.54, 1.807) is 38.1 Å². The number of thiazole rings is 1. The van der Waals surface area contributed by atoms with Crippen molar-refractivity contribution < 1.29 is 29.3 Å². The van der Waals surface area contributed by atoms with E-state index in [1.165, 1.54) is 41.5 Å². The molecule has 3 N–H and O–H groups in total. The summed E-state index contributed by atoms with van der Waals surface area (Å²) in [6, 6.07) is 10.1. The molecule has 36 heavy (non-hydrogen) atoms. The van der Waals surface area contributed by atoms with Crippen molar-refractivity contribution in [3.05, 3.63) is 80.5 Å². The van der Waals surface area contributed by atoms with Gasteiger partial charge >= 0.3 is 5.97 Å². The topological polar surface area (TPSA) is 146 Å². The highest BCUT2D eigenvalue weighted by molar-refractivity contribution is 7.14. The van der Waals surface area contributed by atoms with Crippen molar-refractivity contribution in [3.63, 3.8) is 0 Å². The Morgan fingerprint density at radius 1 is 1.11 bits per heavy atom. The number of imidazole rings is 1. The number of hydrogen-bond donors (Lipinski definition) is 3. The minimum absolute atomic E-state index is 0.0463. The van der Waals surface area contributed by atoms with Gasteiger partial charge in [-0.3, -0.25) is 14.5 Å². The highest BCUT2D eigenvalue weighted by Crippen LogP contribution is 2.42. The first-order valence-corrected chi connectivity index (χ1v) is 11.6. The highest BCUT2D eigenvalue weighted by Gasteiger charge is 2.46. The Morgan fingerprint density at radius 2 is 1.83 bits per heavy atom. The Bertz CT molecular complexity index is 1580. The van der Waals surface area contributed by atoms with E-state index in [0.29, 0.717) is 37.9 Å². The lowest BCUT2D eigenvalue weighted by Crippen LogP contribution is -2.32. The van der Waals surface area contributed by atoms with Gasteiger partial charge in [0.1, 0.15) is 5.75 Å². The number of hydrogen-bond acceptors (Lipinski definition) is 8. The number of nitrogens with one attached hydrogen (secondary N) is 1. The van der Waals surface area contributed by atoms with Crippen LogP contribution < -0.4 is 9.64 Å². The van der Waals surface area contributed by atoms with Gasteiger partial charge in [0.15, 0.2) is 5.76 Å². The van der Waals surface area contributed by atoms with Crippen molar-refractivity contribution in [3.8, 4) is 5.75 Å². The summed E-state index contributed by atoms with van der Waals surface area (Å²) in [5.74, 6) is -2.46. The van der Waals surface area contributed by atoms with Crippen LogP contribution in [0.15, 0.2) is 53.8 Å². The predicted molar refractivity (Wildman–Crippen MR) is 132 cm³/mol. The van der Waals surface area contributed by atoms with E-state index in [9.17, 15) is 24.6 Å². The number of carbonyl (C=O) groups is 3. The number of carboxylic acids is 1. The third kappa shape index (κ3) is 3.69. The van der Waals surface area contributed by atoms with Crippen LogP contribution >= 0.6 is 11.3 Å². The molecule has 10 nitrogen and oxygen atoms in total. The van der Waals surface area contributed by atoms with Crippen LogP contribution in [0.3, 0.4) is 0 Å². The predicted octanol–water partition coefficient (Wildman–Crippen LogP) is 4.13. The zero-order valence-corrected chi connectivity index (χ0v) is 20.2. The number of fused-ring (bicyclic) bond motifs is 1. The Hall–Kier alpha value is -4.51. The van der Waals surface area contributed by atoms with E-state index >= 15 is 0 Å². The minimum Gasteiger partial charge on any atom is -0.503 e. The quantitative estimate of drug-likeness (QED) is 0.332. The number of anilines is 1. The maximum absolute atomic E-state index is 13.7. The molecule has 0 fully saturated rings. The number of ether oxygens (including phenoxy) is 1. The van der Waals surface area contributed by atoms with E-state index < -0.39 is 29.5 Å². The normalized spacial score (nSPS) is 15.7. The standard InChI is InChI=1S/C25H20N4O6S/c1-11-22(36-12(2)26-11)20(30)18-19(13-4-7-15(35-3)8-5-13)29(23(32)21(18)31)25-27-16-9-6-14(24(33)34)10-17(16)28-25/h4-10,19,31H,1-3H3,(H,27,28)(H,33,34). The van der Waals surface area contributed by atoms with Gasteiger partial charge in [-0.2, -0.15) is 0 Å². The van der Waals surface area contributed by atoms with E-state index in [2.05, 4.69) is 15.0 Å². The van der Waals surface area contributed by atoms with Gasteiger partial charge in [0, 0.05) is 0 Å². The van der Waals surface area contributed by atoms with Gasteiger partial charge in [0.05, 0.1) is 50.9 Å². The lowest BCUT2D eigenvalue weighted by Gasteiger charge is -2.24. The number of rotatable bonds is 6. The molecule has 0 saturated carbocycles. The van der Waals surface area contributed by atoms with Crippen LogP contribution in [-0.4, -0.2) is 49.9 Å². The number of ketones is 1. The van der Waals surface area contributed by atoms with Gasteiger partial charge in [-0.15, -0.1) is 11.3 Å². The SMILES string of the molecule is COc1ccc(C2C(C(=O)c3sc(C)nc3C)=C(O)C(=O)N2c2nc3ccc(C(=O)O)cc3[nH]2)cc1. The molecule has 1 atom stereocenters. The van der Waals surface area contributed by atoms with Crippen molar-refractivity contribution >= 4 is 46.0 Å². The monoisotopic (exact) mass is 504 g/mol. The first-order valence-electron chi connectivity index (χ1n) is 10.8. The van der Waals surface area contributed by atoms with Gasteiger partial charge in [0.2, 0.25) is 11.7 Å². The lowest BCUT2D eigenvalue weighted by atomic mass is 9.95. The molecule has 0 aliphatic carbocycles. The zero-order valence-electron chi connectivity index (χ0n) is 19.4. The van der Waals surface area contributed by atoms with Crippen LogP contribution in [0.1, 0.15) is 42.3 Å². The first-order chi connectivity index (χ1) is 17.2. The molecule has 0 radical (unpaired) electrons. The third-order valence-electron chi connectivity index (χ3n) is 5.94. The molecule has 0 bridgehead atoms. The van der Waals surface area contributed by atoms with Crippen molar-refractivity contribution in [2.75, 3.05) is 12.0 Å². The molecule has 1 amide bonds. The van der Waals surface area contributed by atoms with Gasteiger partial charge in [0.25, 0.3) is 5.91 Å². The summed E-state index contributed by atoms with van der Waals surface area (Å²) in [5.41, 5.74) is 1.81. The molecule has 1 unspecified atom stereocenters. The molecule has 1 aliphatic rings. The number of Topliss-reactive ketones (excluding diaryl/α,β-unsaturated/α-hetero) is 1. The molecular weight excluding hydrogens is 484 g/mol. The number of aliphatic hydroxyl groups excluding tert-OH is 1. The maximum Gasteiger partial charge on any atom is 0.335 e. The molecule has 11 heteroatoms. The van der Waals surface area contributed by atoms with Crippen LogP contribution in [0, 0.1) is 13.8 Å². The third-order valence-corrected chi connectivity index (χ3v) is 7.01. The van der Waals surface area contributed by atoms with E-state index in [4.69, 9.17) is 4.74 Å². The van der Waals surface area contributed by atoms with E-state index in [1.807, 2.05) is 0 Å². The highest BCUT2D eigenvalue weighted by atomic mass is 32.1.